The van der Waals surface area contributed by atoms with E-state index in [9.17, 15) is 4.79 Å². The van der Waals surface area contributed by atoms with Gasteiger partial charge >= 0.3 is 0 Å². The number of rotatable bonds is 4. The minimum absolute atomic E-state index is 0.261. The van der Waals surface area contributed by atoms with Crippen molar-refractivity contribution in [3.8, 4) is 5.69 Å². The van der Waals surface area contributed by atoms with Crippen LogP contribution in [0.5, 0.6) is 0 Å². The Morgan fingerprint density at radius 1 is 1.04 bits per heavy atom. The standard InChI is InChI=1S/C21H25N3O/c25-21(20-17-7-14-6-15(9-17)10-18(20)8-14)22-11-16-12-23-24(13-16)19-4-2-1-3-5-19/h1-5,12-15,17-18,20H,6-11H2,(H,22,25). The molecule has 25 heavy (non-hydrogen) atoms. The van der Waals surface area contributed by atoms with E-state index in [1.54, 1.807) is 0 Å². The summed E-state index contributed by atoms with van der Waals surface area (Å²) in [5, 5.41) is 7.61. The third-order valence-electron chi connectivity index (χ3n) is 6.65. The molecule has 1 amide bonds. The van der Waals surface area contributed by atoms with Crippen LogP contribution >= 0.6 is 0 Å². The number of nitrogens with one attached hydrogen (secondary N) is 1. The average Bonchev–Trinajstić information content (AvgIpc) is 3.09. The summed E-state index contributed by atoms with van der Waals surface area (Å²) in [6.07, 6.45) is 10.4. The first-order valence-electron chi connectivity index (χ1n) is 9.63. The fourth-order valence-corrected chi connectivity index (χ4v) is 5.83. The molecule has 4 aliphatic rings. The van der Waals surface area contributed by atoms with Gasteiger partial charge in [-0.1, -0.05) is 18.2 Å². The molecule has 0 atom stereocenters. The van der Waals surface area contributed by atoms with Crippen molar-refractivity contribution >= 4 is 5.91 Å². The smallest absolute Gasteiger partial charge is 0.223 e. The summed E-state index contributed by atoms with van der Waals surface area (Å²) >= 11 is 0. The van der Waals surface area contributed by atoms with E-state index >= 15 is 0 Å². The van der Waals surface area contributed by atoms with Gasteiger partial charge in [0.1, 0.15) is 0 Å². The molecule has 4 heteroatoms. The van der Waals surface area contributed by atoms with Crippen LogP contribution in [0.1, 0.15) is 37.7 Å². The SMILES string of the molecule is O=C(NCc1cnn(-c2ccccc2)c1)C1C2CC3CC(C2)CC1C3. The Morgan fingerprint density at radius 3 is 2.40 bits per heavy atom. The van der Waals surface area contributed by atoms with E-state index in [1.807, 2.05) is 47.4 Å². The summed E-state index contributed by atoms with van der Waals surface area (Å²) in [7, 11) is 0. The van der Waals surface area contributed by atoms with Gasteiger partial charge in [-0.15, -0.1) is 0 Å². The zero-order chi connectivity index (χ0) is 16.8. The fraction of sp³-hybridized carbons (Fsp3) is 0.524. The lowest BCUT2D eigenvalue weighted by atomic mass is 9.51. The van der Waals surface area contributed by atoms with Crippen molar-refractivity contribution in [2.45, 2.75) is 38.6 Å². The molecule has 6 rings (SSSR count). The van der Waals surface area contributed by atoms with Gasteiger partial charge in [-0.3, -0.25) is 4.79 Å². The van der Waals surface area contributed by atoms with Crippen LogP contribution in [0.2, 0.25) is 0 Å². The van der Waals surface area contributed by atoms with Crippen molar-refractivity contribution < 1.29 is 4.79 Å². The quantitative estimate of drug-likeness (QED) is 0.928. The Morgan fingerprint density at radius 2 is 1.72 bits per heavy atom. The number of hydrogen-bond donors (Lipinski definition) is 1. The van der Waals surface area contributed by atoms with E-state index in [2.05, 4.69) is 10.4 Å². The number of aromatic nitrogens is 2. The zero-order valence-corrected chi connectivity index (χ0v) is 14.5. The number of hydrogen-bond acceptors (Lipinski definition) is 2. The summed E-state index contributed by atoms with van der Waals surface area (Å²) in [6.45, 7) is 0.578. The number of carbonyl (C=O) groups is 1. The molecule has 130 valence electrons. The van der Waals surface area contributed by atoms with Crippen LogP contribution in [0.25, 0.3) is 5.69 Å². The predicted octanol–water partition coefficient (Wildman–Crippen LogP) is 3.56. The summed E-state index contributed by atoms with van der Waals surface area (Å²) in [5.41, 5.74) is 2.10. The molecule has 0 unspecified atom stereocenters. The minimum Gasteiger partial charge on any atom is -0.352 e. The first kappa shape index (κ1) is 15.2. The highest BCUT2D eigenvalue weighted by Gasteiger charge is 2.50. The van der Waals surface area contributed by atoms with Crippen molar-refractivity contribution in [3.63, 3.8) is 0 Å². The molecule has 0 radical (unpaired) electrons. The zero-order valence-electron chi connectivity index (χ0n) is 14.5. The van der Waals surface area contributed by atoms with Gasteiger partial charge in [-0.25, -0.2) is 4.68 Å². The molecule has 1 aromatic heterocycles. The van der Waals surface area contributed by atoms with E-state index < -0.39 is 0 Å². The van der Waals surface area contributed by atoms with Crippen molar-refractivity contribution in [1.82, 2.24) is 15.1 Å². The lowest BCUT2D eigenvalue weighted by molar-refractivity contribution is -0.138. The van der Waals surface area contributed by atoms with Crippen LogP contribution in [0, 0.1) is 29.6 Å². The molecule has 4 fully saturated rings. The highest BCUT2D eigenvalue weighted by atomic mass is 16.1. The Hall–Kier alpha value is -2.10. The summed E-state index contributed by atoms with van der Waals surface area (Å²) in [4.78, 5) is 12.8. The van der Waals surface area contributed by atoms with Gasteiger partial charge in [-0.05, 0) is 67.9 Å². The Kier molecular flexibility index (Phi) is 3.65. The topological polar surface area (TPSA) is 46.9 Å². The molecule has 4 nitrogen and oxygen atoms in total. The Bertz CT molecular complexity index is 738. The van der Waals surface area contributed by atoms with Crippen molar-refractivity contribution in [1.29, 1.82) is 0 Å². The summed E-state index contributed by atoms with van der Waals surface area (Å²) in [5.74, 6) is 3.65. The largest absolute Gasteiger partial charge is 0.352 e. The van der Waals surface area contributed by atoms with Crippen LogP contribution in [0.3, 0.4) is 0 Å². The maximum absolute atomic E-state index is 12.8. The summed E-state index contributed by atoms with van der Waals surface area (Å²) in [6, 6.07) is 10.1. The van der Waals surface area contributed by atoms with Crippen molar-refractivity contribution in [2.75, 3.05) is 0 Å². The maximum atomic E-state index is 12.8. The molecule has 4 aliphatic carbocycles. The fourth-order valence-electron chi connectivity index (χ4n) is 5.83. The van der Waals surface area contributed by atoms with Crippen LogP contribution < -0.4 is 5.32 Å². The van der Waals surface area contributed by atoms with Crippen LogP contribution in [0.15, 0.2) is 42.7 Å². The molecular formula is C21H25N3O. The van der Waals surface area contributed by atoms with Gasteiger partial charge in [0.25, 0.3) is 0 Å². The van der Waals surface area contributed by atoms with Gasteiger partial charge in [0.15, 0.2) is 0 Å². The predicted molar refractivity (Wildman–Crippen MR) is 95.9 cm³/mol. The van der Waals surface area contributed by atoms with Gasteiger partial charge in [0.05, 0.1) is 11.9 Å². The lowest BCUT2D eigenvalue weighted by Crippen LogP contribution is -2.50. The number of carbonyl (C=O) groups excluding carboxylic acids is 1. The van der Waals surface area contributed by atoms with E-state index in [1.165, 1.54) is 32.1 Å². The first-order valence-corrected chi connectivity index (χ1v) is 9.63. The Labute approximate surface area is 148 Å². The van der Waals surface area contributed by atoms with Crippen LogP contribution in [-0.2, 0) is 11.3 Å². The molecular weight excluding hydrogens is 310 g/mol. The number of amides is 1. The maximum Gasteiger partial charge on any atom is 0.223 e. The van der Waals surface area contributed by atoms with Crippen LogP contribution in [0.4, 0.5) is 0 Å². The molecule has 4 bridgehead atoms. The van der Waals surface area contributed by atoms with E-state index in [0.29, 0.717) is 18.4 Å². The monoisotopic (exact) mass is 335 g/mol. The highest BCUT2D eigenvalue weighted by Crippen LogP contribution is 2.56. The van der Waals surface area contributed by atoms with Crippen molar-refractivity contribution in [3.05, 3.63) is 48.3 Å². The first-order chi connectivity index (χ1) is 12.3. The van der Waals surface area contributed by atoms with Gasteiger partial charge in [-0.2, -0.15) is 5.10 Å². The van der Waals surface area contributed by atoms with E-state index in [4.69, 9.17) is 0 Å². The molecule has 4 saturated carbocycles. The lowest BCUT2D eigenvalue weighted by Gasteiger charge is -2.53. The normalized spacial score (nSPS) is 32.7. The molecule has 1 N–H and O–H groups in total. The third kappa shape index (κ3) is 2.78. The average molecular weight is 335 g/mol. The number of benzene rings is 1. The van der Waals surface area contributed by atoms with Gasteiger partial charge < -0.3 is 5.32 Å². The van der Waals surface area contributed by atoms with Gasteiger partial charge in [0, 0.05) is 24.2 Å². The Balaban J connectivity index is 1.23. The van der Waals surface area contributed by atoms with E-state index in [-0.39, 0.29) is 11.8 Å². The molecule has 0 saturated heterocycles. The van der Waals surface area contributed by atoms with Crippen LogP contribution in [-0.4, -0.2) is 15.7 Å². The second kappa shape index (κ2) is 6.01. The number of nitrogens with zero attached hydrogens (tertiary/aromatic N) is 2. The second-order valence-electron chi connectivity index (χ2n) is 8.30. The summed E-state index contributed by atoms with van der Waals surface area (Å²) < 4.78 is 1.87. The third-order valence-corrected chi connectivity index (χ3v) is 6.65. The minimum atomic E-state index is 0.261. The molecule has 0 spiro atoms. The molecule has 1 heterocycles. The molecule has 1 aromatic carbocycles. The van der Waals surface area contributed by atoms with Gasteiger partial charge in [0.2, 0.25) is 5.91 Å². The molecule has 0 aliphatic heterocycles. The highest BCUT2D eigenvalue weighted by molar-refractivity contribution is 5.79. The van der Waals surface area contributed by atoms with Crippen molar-refractivity contribution in [2.24, 2.45) is 29.6 Å². The van der Waals surface area contributed by atoms with E-state index in [0.717, 1.165) is 23.1 Å². The second-order valence-corrected chi connectivity index (χ2v) is 8.30. The number of para-hydroxylation sites is 1. The molecule has 2 aromatic rings.